The molecular weight excluding hydrogens is 265 g/mol. The molecule has 116 valence electrons. The lowest BCUT2D eigenvalue weighted by atomic mass is 10.1. The quantitative estimate of drug-likeness (QED) is 0.893. The summed E-state index contributed by atoms with van der Waals surface area (Å²) < 4.78 is 14.1. The predicted molar refractivity (Wildman–Crippen MR) is 85.2 cm³/mol. The molecule has 0 amide bonds. The molecule has 0 atom stereocenters. The highest BCUT2D eigenvalue weighted by Crippen LogP contribution is 2.23. The summed E-state index contributed by atoms with van der Waals surface area (Å²) in [6.07, 6.45) is 6.32. The second-order valence-corrected chi connectivity index (χ2v) is 6.24. The minimum absolute atomic E-state index is 0.0958. The molecule has 21 heavy (non-hydrogen) atoms. The van der Waals surface area contributed by atoms with Gasteiger partial charge in [-0.15, -0.1) is 0 Å². The van der Waals surface area contributed by atoms with Crippen LogP contribution in [-0.2, 0) is 6.54 Å². The summed E-state index contributed by atoms with van der Waals surface area (Å²) in [6, 6.07) is 6.22. The highest BCUT2D eigenvalue weighted by Gasteiger charge is 2.16. The molecule has 0 bridgehead atoms. The minimum Gasteiger partial charge on any atom is -0.368 e. The standard InChI is InChI=1S/C17H26FN3/c18-16-7-6-14(13-20-15-4-1-2-5-15)12-17(16)21-10-3-8-19-9-11-21/h6-7,12,15,19-20H,1-5,8-11,13H2. The molecule has 2 N–H and O–H groups in total. The number of halogens is 1. The number of rotatable bonds is 4. The lowest BCUT2D eigenvalue weighted by molar-refractivity contribution is 0.523. The average molecular weight is 291 g/mol. The third-order valence-corrected chi connectivity index (χ3v) is 4.64. The Morgan fingerprint density at radius 2 is 2.00 bits per heavy atom. The van der Waals surface area contributed by atoms with Crippen LogP contribution in [-0.4, -0.2) is 32.2 Å². The topological polar surface area (TPSA) is 27.3 Å². The van der Waals surface area contributed by atoms with Crippen LogP contribution in [0, 0.1) is 5.82 Å². The molecule has 0 spiro atoms. The Hall–Kier alpha value is -1.13. The second-order valence-electron chi connectivity index (χ2n) is 6.24. The van der Waals surface area contributed by atoms with Crippen molar-refractivity contribution in [2.45, 2.75) is 44.7 Å². The maximum Gasteiger partial charge on any atom is 0.146 e. The van der Waals surface area contributed by atoms with E-state index in [-0.39, 0.29) is 5.82 Å². The highest BCUT2D eigenvalue weighted by atomic mass is 19.1. The van der Waals surface area contributed by atoms with Gasteiger partial charge in [-0.05, 0) is 43.5 Å². The molecule has 1 aliphatic carbocycles. The molecule has 1 aliphatic heterocycles. The normalized spacial score (nSPS) is 20.7. The zero-order valence-corrected chi connectivity index (χ0v) is 12.7. The van der Waals surface area contributed by atoms with Crippen LogP contribution in [0.3, 0.4) is 0 Å². The molecule has 4 heteroatoms. The molecule has 1 heterocycles. The summed E-state index contributed by atoms with van der Waals surface area (Å²) in [5.74, 6) is -0.0958. The van der Waals surface area contributed by atoms with Crippen LogP contribution in [0.1, 0.15) is 37.7 Å². The van der Waals surface area contributed by atoms with Gasteiger partial charge in [-0.1, -0.05) is 18.9 Å². The Morgan fingerprint density at radius 3 is 2.86 bits per heavy atom. The molecule has 2 aliphatic rings. The van der Waals surface area contributed by atoms with E-state index in [0.29, 0.717) is 6.04 Å². The first-order chi connectivity index (χ1) is 10.3. The van der Waals surface area contributed by atoms with E-state index in [1.807, 2.05) is 12.1 Å². The van der Waals surface area contributed by atoms with Gasteiger partial charge < -0.3 is 15.5 Å². The first kappa shape index (κ1) is 14.8. The summed E-state index contributed by atoms with van der Waals surface area (Å²) in [5, 5.41) is 6.97. The van der Waals surface area contributed by atoms with Crippen molar-refractivity contribution < 1.29 is 4.39 Å². The van der Waals surface area contributed by atoms with Crippen LogP contribution < -0.4 is 15.5 Å². The Balaban J connectivity index is 1.66. The van der Waals surface area contributed by atoms with Crippen LogP contribution in [0.4, 0.5) is 10.1 Å². The van der Waals surface area contributed by atoms with Crippen LogP contribution in [0.25, 0.3) is 0 Å². The van der Waals surface area contributed by atoms with E-state index in [2.05, 4.69) is 15.5 Å². The molecule has 0 unspecified atom stereocenters. The maximum absolute atomic E-state index is 14.1. The van der Waals surface area contributed by atoms with Crippen molar-refractivity contribution in [1.82, 2.24) is 10.6 Å². The molecule has 1 aromatic carbocycles. The van der Waals surface area contributed by atoms with E-state index in [1.54, 1.807) is 6.07 Å². The number of hydrogen-bond acceptors (Lipinski definition) is 3. The molecule has 1 saturated carbocycles. The zero-order chi connectivity index (χ0) is 14.5. The van der Waals surface area contributed by atoms with Gasteiger partial charge >= 0.3 is 0 Å². The van der Waals surface area contributed by atoms with E-state index in [4.69, 9.17) is 0 Å². The first-order valence-electron chi connectivity index (χ1n) is 8.30. The average Bonchev–Trinajstić information content (AvgIpc) is 2.87. The smallest absolute Gasteiger partial charge is 0.146 e. The Bertz CT molecular complexity index is 449. The van der Waals surface area contributed by atoms with Gasteiger partial charge in [0.15, 0.2) is 0 Å². The van der Waals surface area contributed by atoms with Gasteiger partial charge in [0.25, 0.3) is 0 Å². The van der Waals surface area contributed by atoms with Crippen molar-refractivity contribution in [2.75, 3.05) is 31.1 Å². The number of benzene rings is 1. The predicted octanol–water partition coefficient (Wildman–Crippen LogP) is 2.66. The van der Waals surface area contributed by atoms with Crippen molar-refractivity contribution in [2.24, 2.45) is 0 Å². The molecule has 3 rings (SSSR count). The largest absolute Gasteiger partial charge is 0.368 e. The number of anilines is 1. The minimum atomic E-state index is -0.0958. The summed E-state index contributed by atoms with van der Waals surface area (Å²) in [4.78, 5) is 2.18. The highest BCUT2D eigenvalue weighted by molar-refractivity contribution is 5.50. The molecule has 0 aromatic heterocycles. The van der Waals surface area contributed by atoms with Gasteiger partial charge in [0.05, 0.1) is 5.69 Å². The number of hydrogen-bond donors (Lipinski definition) is 2. The lowest BCUT2D eigenvalue weighted by Gasteiger charge is -2.23. The Morgan fingerprint density at radius 1 is 1.14 bits per heavy atom. The zero-order valence-electron chi connectivity index (χ0n) is 12.7. The molecular formula is C17H26FN3. The fraction of sp³-hybridized carbons (Fsp3) is 0.647. The summed E-state index contributed by atoms with van der Waals surface area (Å²) in [6.45, 7) is 4.63. The molecule has 1 saturated heterocycles. The van der Waals surface area contributed by atoms with E-state index in [1.165, 1.54) is 31.2 Å². The summed E-state index contributed by atoms with van der Waals surface area (Å²) in [5.41, 5.74) is 1.96. The van der Waals surface area contributed by atoms with Crippen molar-refractivity contribution >= 4 is 5.69 Å². The Kier molecular flexibility index (Phi) is 5.09. The Labute approximate surface area is 126 Å². The van der Waals surface area contributed by atoms with Crippen molar-refractivity contribution in [1.29, 1.82) is 0 Å². The third-order valence-electron chi connectivity index (χ3n) is 4.64. The summed E-state index contributed by atoms with van der Waals surface area (Å²) >= 11 is 0. The van der Waals surface area contributed by atoms with Crippen LogP contribution >= 0.6 is 0 Å². The first-order valence-corrected chi connectivity index (χ1v) is 8.30. The van der Waals surface area contributed by atoms with E-state index < -0.39 is 0 Å². The van der Waals surface area contributed by atoms with Gasteiger partial charge in [-0.3, -0.25) is 0 Å². The molecule has 2 fully saturated rings. The SMILES string of the molecule is Fc1ccc(CNC2CCCC2)cc1N1CCCNCC1. The van der Waals surface area contributed by atoms with Gasteiger partial charge in [-0.25, -0.2) is 4.39 Å². The summed E-state index contributed by atoms with van der Waals surface area (Å²) in [7, 11) is 0. The van der Waals surface area contributed by atoms with Crippen molar-refractivity contribution in [3.63, 3.8) is 0 Å². The van der Waals surface area contributed by atoms with Crippen molar-refractivity contribution in [3.8, 4) is 0 Å². The van der Waals surface area contributed by atoms with Crippen LogP contribution in [0.15, 0.2) is 18.2 Å². The van der Waals surface area contributed by atoms with Gasteiger partial charge in [-0.2, -0.15) is 0 Å². The fourth-order valence-corrected chi connectivity index (χ4v) is 3.39. The van der Waals surface area contributed by atoms with Crippen molar-refractivity contribution in [3.05, 3.63) is 29.6 Å². The third kappa shape index (κ3) is 3.95. The fourth-order valence-electron chi connectivity index (χ4n) is 3.39. The molecule has 0 radical (unpaired) electrons. The second kappa shape index (κ2) is 7.23. The maximum atomic E-state index is 14.1. The monoisotopic (exact) mass is 291 g/mol. The number of nitrogens with zero attached hydrogens (tertiary/aromatic N) is 1. The van der Waals surface area contributed by atoms with Gasteiger partial charge in [0.1, 0.15) is 5.82 Å². The number of nitrogens with one attached hydrogen (secondary N) is 2. The van der Waals surface area contributed by atoms with Crippen LogP contribution in [0.5, 0.6) is 0 Å². The molecule has 3 nitrogen and oxygen atoms in total. The van der Waals surface area contributed by atoms with E-state index in [9.17, 15) is 4.39 Å². The molecule has 1 aromatic rings. The van der Waals surface area contributed by atoms with Gasteiger partial charge in [0, 0.05) is 32.2 Å². The van der Waals surface area contributed by atoms with E-state index >= 15 is 0 Å². The van der Waals surface area contributed by atoms with E-state index in [0.717, 1.165) is 44.8 Å². The lowest BCUT2D eigenvalue weighted by Crippen LogP contribution is -2.29. The van der Waals surface area contributed by atoms with Gasteiger partial charge in [0.2, 0.25) is 0 Å². The van der Waals surface area contributed by atoms with Crippen LogP contribution in [0.2, 0.25) is 0 Å².